The lowest BCUT2D eigenvalue weighted by molar-refractivity contribution is 0.0600. The first-order valence-electron chi connectivity index (χ1n) is 7.58. The Balaban J connectivity index is 0.00000243. The van der Waals surface area contributed by atoms with Crippen molar-refractivity contribution in [2.75, 3.05) is 12.4 Å². The molecule has 7 heteroatoms. The molecule has 0 aliphatic rings. The van der Waals surface area contributed by atoms with Crippen molar-refractivity contribution >= 4 is 46.6 Å². The third-order valence-electron chi connectivity index (χ3n) is 3.75. The number of esters is 1. The second-order valence-electron chi connectivity index (χ2n) is 5.55. The zero-order valence-corrected chi connectivity index (χ0v) is 15.0. The average Bonchev–Trinajstić information content (AvgIpc) is 2.60. The molecule has 1 aromatic heterocycles. The number of rotatable bonds is 4. The van der Waals surface area contributed by atoms with Crippen LogP contribution in [0.15, 0.2) is 48.5 Å². The first-order chi connectivity index (χ1) is 12.0. The highest BCUT2D eigenvalue weighted by Gasteiger charge is 2.11. The van der Waals surface area contributed by atoms with E-state index in [9.17, 15) is 9.59 Å². The van der Waals surface area contributed by atoms with Gasteiger partial charge < -0.3 is 15.2 Å². The Bertz CT molecular complexity index is 988. The molecule has 1 heterocycles. The van der Waals surface area contributed by atoms with Crippen LogP contribution in [0.25, 0.3) is 10.9 Å². The number of nitrogens with one attached hydrogen (secondary N) is 1. The maximum absolute atomic E-state index is 11.8. The molecule has 26 heavy (non-hydrogen) atoms. The normalized spacial score (nSPS) is 10.1. The number of aromatic nitrogens is 1. The molecule has 0 spiro atoms. The fourth-order valence-corrected chi connectivity index (χ4v) is 2.59. The van der Waals surface area contributed by atoms with Gasteiger partial charge in [0, 0.05) is 22.5 Å². The first kappa shape index (κ1) is 19.2. The van der Waals surface area contributed by atoms with Gasteiger partial charge in [-0.15, -0.1) is 12.4 Å². The molecule has 6 nitrogen and oxygen atoms in total. The Morgan fingerprint density at radius 3 is 2.54 bits per heavy atom. The van der Waals surface area contributed by atoms with E-state index in [4.69, 9.17) is 9.84 Å². The molecule has 0 saturated carbocycles. The van der Waals surface area contributed by atoms with Crippen LogP contribution in [-0.4, -0.2) is 29.1 Å². The summed E-state index contributed by atoms with van der Waals surface area (Å²) in [5, 5.41) is 13.1. The molecule has 3 rings (SSSR count). The predicted octanol–water partition coefficient (Wildman–Crippen LogP) is 4.19. The van der Waals surface area contributed by atoms with Crippen molar-refractivity contribution in [1.29, 1.82) is 0 Å². The van der Waals surface area contributed by atoms with E-state index in [1.807, 2.05) is 13.0 Å². The van der Waals surface area contributed by atoms with Gasteiger partial charge in [-0.3, -0.25) is 4.98 Å². The number of aromatic carboxylic acids is 1. The smallest absolute Gasteiger partial charge is 0.337 e. The number of halogens is 1. The second-order valence-corrected chi connectivity index (χ2v) is 5.55. The number of benzene rings is 2. The summed E-state index contributed by atoms with van der Waals surface area (Å²) < 4.78 is 4.76. The van der Waals surface area contributed by atoms with Crippen LogP contribution in [0.5, 0.6) is 0 Å². The summed E-state index contributed by atoms with van der Waals surface area (Å²) in [5.74, 6) is -1.42. The maximum atomic E-state index is 11.8. The molecule has 0 bridgehead atoms. The molecule has 0 fully saturated rings. The first-order valence-corrected chi connectivity index (χ1v) is 7.58. The van der Waals surface area contributed by atoms with Gasteiger partial charge in [0.2, 0.25) is 0 Å². The molecule has 0 saturated heterocycles. The number of hydrogen-bond acceptors (Lipinski definition) is 5. The maximum Gasteiger partial charge on any atom is 0.337 e. The minimum Gasteiger partial charge on any atom is -0.478 e. The monoisotopic (exact) mass is 372 g/mol. The Morgan fingerprint density at radius 2 is 1.85 bits per heavy atom. The topological polar surface area (TPSA) is 88.5 Å². The van der Waals surface area contributed by atoms with Crippen LogP contribution in [0.4, 0.5) is 11.4 Å². The third kappa shape index (κ3) is 3.92. The van der Waals surface area contributed by atoms with Crippen LogP contribution >= 0.6 is 12.4 Å². The van der Waals surface area contributed by atoms with Gasteiger partial charge in [0.25, 0.3) is 0 Å². The van der Waals surface area contributed by atoms with Crippen molar-refractivity contribution in [3.63, 3.8) is 0 Å². The molecule has 0 radical (unpaired) electrons. The number of anilines is 2. The van der Waals surface area contributed by atoms with Gasteiger partial charge in [0.15, 0.2) is 0 Å². The summed E-state index contributed by atoms with van der Waals surface area (Å²) in [6.45, 7) is 1.87. The summed E-state index contributed by atoms with van der Waals surface area (Å²) in [6.07, 6.45) is 0. The summed E-state index contributed by atoms with van der Waals surface area (Å²) in [4.78, 5) is 27.4. The van der Waals surface area contributed by atoms with E-state index in [1.54, 1.807) is 36.4 Å². The molecule has 2 N–H and O–H groups in total. The molecular formula is C19H17ClN2O4. The average molecular weight is 373 g/mol. The van der Waals surface area contributed by atoms with Crippen molar-refractivity contribution < 1.29 is 19.4 Å². The highest BCUT2D eigenvalue weighted by molar-refractivity contribution is 6.00. The number of carboxylic acid groups (broad SMARTS) is 1. The number of carboxylic acids is 1. The van der Waals surface area contributed by atoms with Crippen molar-refractivity contribution in [2.24, 2.45) is 0 Å². The van der Waals surface area contributed by atoms with Crippen LogP contribution in [0, 0.1) is 6.92 Å². The fourth-order valence-electron chi connectivity index (χ4n) is 2.59. The lowest BCUT2D eigenvalue weighted by atomic mass is 10.1. The number of hydrogen-bond donors (Lipinski definition) is 2. The Hall–Kier alpha value is -3.12. The molecule has 134 valence electrons. The van der Waals surface area contributed by atoms with E-state index in [0.29, 0.717) is 11.3 Å². The molecule has 0 aliphatic heterocycles. The zero-order valence-electron chi connectivity index (χ0n) is 14.1. The number of aryl methyl sites for hydroxylation is 1. The van der Waals surface area contributed by atoms with Crippen molar-refractivity contribution in [3.8, 4) is 0 Å². The Morgan fingerprint density at radius 1 is 1.08 bits per heavy atom. The van der Waals surface area contributed by atoms with E-state index in [0.717, 1.165) is 22.3 Å². The minimum atomic E-state index is -0.993. The van der Waals surface area contributed by atoms with E-state index in [1.165, 1.54) is 13.2 Å². The standard InChI is InChI=1S/C19H16N2O4.ClH/c1-11-8-17(21-14-5-3-4-12(9-14)18(22)23)15-10-13(19(24)25-2)6-7-16(15)20-11;/h3-10H,1-2H3,(H,20,21)(H,22,23);1H. The van der Waals surface area contributed by atoms with Gasteiger partial charge in [0.1, 0.15) is 0 Å². The van der Waals surface area contributed by atoms with Crippen molar-refractivity contribution in [3.05, 3.63) is 65.4 Å². The fraction of sp³-hybridized carbons (Fsp3) is 0.105. The van der Waals surface area contributed by atoms with Crippen LogP contribution in [0.3, 0.4) is 0 Å². The predicted molar refractivity (Wildman–Crippen MR) is 102 cm³/mol. The third-order valence-corrected chi connectivity index (χ3v) is 3.75. The van der Waals surface area contributed by atoms with E-state index in [2.05, 4.69) is 10.3 Å². The van der Waals surface area contributed by atoms with Gasteiger partial charge in [0.05, 0.1) is 23.8 Å². The minimum absolute atomic E-state index is 0. The summed E-state index contributed by atoms with van der Waals surface area (Å²) in [7, 11) is 1.33. The summed E-state index contributed by atoms with van der Waals surface area (Å²) in [6, 6.07) is 13.5. The molecule has 0 amide bonds. The molecule has 3 aromatic rings. The number of nitrogens with zero attached hydrogens (tertiary/aromatic N) is 1. The molecule has 0 unspecified atom stereocenters. The van der Waals surface area contributed by atoms with Crippen LogP contribution in [-0.2, 0) is 4.74 Å². The van der Waals surface area contributed by atoms with E-state index in [-0.39, 0.29) is 18.0 Å². The van der Waals surface area contributed by atoms with Gasteiger partial charge in [-0.1, -0.05) is 6.07 Å². The largest absolute Gasteiger partial charge is 0.478 e. The number of carbonyl (C=O) groups excluding carboxylic acids is 1. The van der Waals surface area contributed by atoms with Crippen molar-refractivity contribution in [1.82, 2.24) is 4.98 Å². The van der Waals surface area contributed by atoms with Gasteiger partial charge in [-0.05, 0) is 49.4 Å². The van der Waals surface area contributed by atoms with Crippen LogP contribution in [0.1, 0.15) is 26.4 Å². The van der Waals surface area contributed by atoms with Gasteiger partial charge in [-0.25, -0.2) is 9.59 Å². The molecule has 0 atom stereocenters. The van der Waals surface area contributed by atoms with E-state index < -0.39 is 11.9 Å². The number of carbonyl (C=O) groups is 2. The molecular weight excluding hydrogens is 356 g/mol. The SMILES string of the molecule is COC(=O)c1ccc2nc(C)cc(Nc3cccc(C(=O)O)c3)c2c1.Cl. The Labute approximate surface area is 156 Å². The quantitative estimate of drug-likeness (QED) is 0.667. The highest BCUT2D eigenvalue weighted by Crippen LogP contribution is 2.28. The number of methoxy groups -OCH3 is 1. The van der Waals surface area contributed by atoms with Crippen LogP contribution in [0.2, 0.25) is 0 Å². The van der Waals surface area contributed by atoms with Crippen molar-refractivity contribution in [2.45, 2.75) is 6.92 Å². The number of ether oxygens (including phenoxy) is 1. The van der Waals surface area contributed by atoms with E-state index >= 15 is 0 Å². The van der Waals surface area contributed by atoms with Gasteiger partial charge >= 0.3 is 11.9 Å². The molecule has 0 aliphatic carbocycles. The lowest BCUT2D eigenvalue weighted by Gasteiger charge is -2.12. The number of pyridine rings is 1. The lowest BCUT2D eigenvalue weighted by Crippen LogP contribution is -2.02. The summed E-state index contributed by atoms with van der Waals surface area (Å²) >= 11 is 0. The zero-order chi connectivity index (χ0) is 18.0. The molecule has 2 aromatic carbocycles. The van der Waals surface area contributed by atoms with Gasteiger partial charge in [-0.2, -0.15) is 0 Å². The van der Waals surface area contributed by atoms with Crippen LogP contribution < -0.4 is 5.32 Å². The summed E-state index contributed by atoms with van der Waals surface area (Å²) in [5.41, 5.74) is 3.50. The highest BCUT2D eigenvalue weighted by atomic mass is 35.5. The number of fused-ring (bicyclic) bond motifs is 1. The Kier molecular flexibility index (Phi) is 5.79. The second kappa shape index (κ2) is 7.84.